The second kappa shape index (κ2) is 11.1. The minimum absolute atomic E-state index is 0.0292. The summed E-state index contributed by atoms with van der Waals surface area (Å²) in [6, 6.07) is 13.7. The molecule has 2 aliphatic rings. The van der Waals surface area contributed by atoms with Gasteiger partial charge in [0.05, 0.1) is 31.4 Å². The van der Waals surface area contributed by atoms with Gasteiger partial charge in [-0.15, -0.1) is 0 Å². The zero-order valence-electron chi connectivity index (χ0n) is 21.3. The van der Waals surface area contributed by atoms with Crippen molar-refractivity contribution < 1.29 is 18.8 Å². The molecule has 1 aromatic heterocycles. The second-order valence-corrected chi connectivity index (χ2v) is 9.67. The Morgan fingerprint density at radius 1 is 1.05 bits per heavy atom. The summed E-state index contributed by atoms with van der Waals surface area (Å²) in [5.41, 5.74) is 4.50. The first-order valence-electron chi connectivity index (χ1n) is 12.7. The Kier molecular flexibility index (Phi) is 7.49. The molecule has 9 heteroatoms. The Hall–Kier alpha value is -3.74. The molecule has 192 valence electrons. The summed E-state index contributed by atoms with van der Waals surface area (Å²) in [5, 5.41) is 13.7. The van der Waals surface area contributed by atoms with Crippen molar-refractivity contribution in [3.63, 3.8) is 0 Å². The van der Waals surface area contributed by atoms with E-state index in [1.54, 1.807) is 12.1 Å². The molecule has 0 aliphatic carbocycles. The van der Waals surface area contributed by atoms with Crippen LogP contribution in [0.4, 0.5) is 0 Å². The third kappa shape index (κ3) is 5.82. The molecule has 0 spiro atoms. The van der Waals surface area contributed by atoms with Crippen molar-refractivity contribution in [2.75, 3.05) is 45.9 Å². The largest absolute Gasteiger partial charge is 0.490 e. The van der Waals surface area contributed by atoms with Gasteiger partial charge in [-0.05, 0) is 62.1 Å². The normalized spacial score (nSPS) is 16.2. The molecule has 3 heterocycles. The van der Waals surface area contributed by atoms with E-state index >= 15 is 0 Å². The molecule has 5 rings (SSSR count). The van der Waals surface area contributed by atoms with Gasteiger partial charge in [-0.2, -0.15) is 10.2 Å². The zero-order valence-corrected chi connectivity index (χ0v) is 21.3. The number of ether oxygens (including phenoxy) is 2. The molecule has 37 heavy (non-hydrogen) atoms. The summed E-state index contributed by atoms with van der Waals surface area (Å²) in [5.74, 6) is 1.57. The fraction of sp³-hybridized carbons (Fsp3) is 0.429. The van der Waals surface area contributed by atoms with Crippen LogP contribution in [0.15, 0.2) is 40.9 Å². The van der Waals surface area contributed by atoms with Gasteiger partial charge in [0.1, 0.15) is 11.8 Å². The zero-order chi connectivity index (χ0) is 25.8. The second-order valence-electron chi connectivity index (χ2n) is 9.67. The molecular formula is C28H31N5O4. The monoisotopic (exact) mass is 501 g/mol. The minimum Gasteiger partial charge on any atom is -0.490 e. The maximum Gasteiger partial charge on any atom is 0.258 e. The minimum atomic E-state index is -0.0292. The van der Waals surface area contributed by atoms with E-state index in [2.05, 4.69) is 33.2 Å². The van der Waals surface area contributed by atoms with E-state index in [0.29, 0.717) is 61.4 Å². The molecule has 2 aromatic carbocycles. The topological polar surface area (TPSA) is 105 Å². The number of rotatable bonds is 6. The van der Waals surface area contributed by atoms with Gasteiger partial charge in [0.2, 0.25) is 11.7 Å². The highest BCUT2D eigenvalue weighted by Crippen LogP contribution is 2.29. The van der Waals surface area contributed by atoms with Crippen LogP contribution < -0.4 is 4.74 Å². The van der Waals surface area contributed by atoms with Gasteiger partial charge >= 0.3 is 0 Å². The maximum absolute atomic E-state index is 12.7. The average Bonchev–Trinajstić information content (AvgIpc) is 3.32. The molecule has 0 radical (unpaired) electrons. The fourth-order valence-electron chi connectivity index (χ4n) is 4.74. The van der Waals surface area contributed by atoms with Crippen LogP contribution in [0.25, 0.3) is 22.8 Å². The Labute approximate surface area is 216 Å². The molecule has 0 atom stereocenters. The summed E-state index contributed by atoms with van der Waals surface area (Å²) in [6.45, 7) is 8.56. The number of hydrogen-bond donors (Lipinski definition) is 0. The lowest BCUT2D eigenvalue weighted by molar-refractivity contribution is -0.136. The summed E-state index contributed by atoms with van der Waals surface area (Å²) in [6.07, 6.45) is 1.72. The number of morpholine rings is 1. The highest BCUT2D eigenvalue weighted by atomic mass is 16.5. The van der Waals surface area contributed by atoms with Gasteiger partial charge < -0.3 is 18.9 Å². The lowest BCUT2D eigenvalue weighted by Crippen LogP contribution is -2.46. The smallest absolute Gasteiger partial charge is 0.258 e. The molecule has 0 N–H and O–H groups in total. The molecule has 0 unspecified atom stereocenters. The van der Waals surface area contributed by atoms with Crippen LogP contribution in [-0.4, -0.2) is 77.9 Å². The van der Waals surface area contributed by atoms with Crippen molar-refractivity contribution in [2.24, 2.45) is 0 Å². The number of hydrogen-bond acceptors (Lipinski definition) is 8. The van der Waals surface area contributed by atoms with Gasteiger partial charge in [0, 0.05) is 37.3 Å². The number of fused-ring (bicyclic) bond motifs is 1. The van der Waals surface area contributed by atoms with Gasteiger partial charge in [0.15, 0.2) is 0 Å². The standard InChI is InChI=1S/C28H31N5O4/c1-19(2)36-25-6-5-23(16-24(25)17-29)28-30-27(31-37-28)22-4-3-20-7-9-32(10-8-21(20)15-22)18-26(34)33-11-13-35-14-12-33/h3-6,15-16,19H,7-14,18H2,1-2H3. The van der Waals surface area contributed by atoms with E-state index < -0.39 is 0 Å². The Balaban J connectivity index is 1.27. The van der Waals surface area contributed by atoms with Crippen LogP contribution in [0.1, 0.15) is 30.5 Å². The molecule has 0 saturated carbocycles. The van der Waals surface area contributed by atoms with Crippen LogP contribution in [0, 0.1) is 11.3 Å². The van der Waals surface area contributed by atoms with Gasteiger partial charge in [0.25, 0.3) is 5.89 Å². The van der Waals surface area contributed by atoms with Crippen LogP contribution in [0.2, 0.25) is 0 Å². The molecule has 1 fully saturated rings. The van der Waals surface area contributed by atoms with E-state index in [1.165, 1.54) is 11.1 Å². The summed E-state index contributed by atoms with van der Waals surface area (Å²) in [7, 11) is 0. The van der Waals surface area contributed by atoms with E-state index in [4.69, 9.17) is 14.0 Å². The predicted molar refractivity (Wildman–Crippen MR) is 137 cm³/mol. The van der Waals surface area contributed by atoms with Crippen LogP contribution in [0.5, 0.6) is 5.75 Å². The third-order valence-electron chi connectivity index (χ3n) is 6.72. The molecule has 3 aromatic rings. The first-order valence-corrected chi connectivity index (χ1v) is 12.7. The predicted octanol–water partition coefficient (Wildman–Crippen LogP) is 3.32. The Morgan fingerprint density at radius 2 is 1.81 bits per heavy atom. The van der Waals surface area contributed by atoms with Crippen molar-refractivity contribution in [3.8, 4) is 34.7 Å². The van der Waals surface area contributed by atoms with Crippen molar-refractivity contribution >= 4 is 5.91 Å². The number of aromatic nitrogens is 2. The van der Waals surface area contributed by atoms with Crippen molar-refractivity contribution in [1.29, 1.82) is 5.26 Å². The van der Waals surface area contributed by atoms with E-state index in [1.807, 2.05) is 30.9 Å². The third-order valence-corrected chi connectivity index (χ3v) is 6.72. The first kappa shape index (κ1) is 24.9. The highest BCUT2D eigenvalue weighted by molar-refractivity contribution is 5.78. The van der Waals surface area contributed by atoms with Gasteiger partial charge in [-0.3, -0.25) is 9.69 Å². The number of nitrogens with zero attached hydrogens (tertiary/aromatic N) is 5. The first-order chi connectivity index (χ1) is 18.0. The van der Waals surface area contributed by atoms with Crippen molar-refractivity contribution in [3.05, 3.63) is 53.1 Å². The van der Waals surface area contributed by atoms with Crippen molar-refractivity contribution in [1.82, 2.24) is 19.9 Å². The molecule has 9 nitrogen and oxygen atoms in total. The summed E-state index contributed by atoms with van der Waals surface area (Å²) >= 11 is 0. The highest BCUT2D eigenvalue weighted by Gasteiger charge is 2.22. The van der Waals surface area contributed by atoms with E-state index in [0.717, 1.165) is 31.5 Å². The maximum atomic E-state index is 12.7. The fourth-order valence-corrected chi connectivity index (χ4v) is 4.74. The lowest BCUT2D eigenvalue weighted by Gasteiger charge is -2.29. The van der Waals surface area contributed by atoms with E-state index in [9.17, 15) is 10.1 Å². The molecule has 1 saturated heterocycles. The van der Waals surface area contributed by atoms with Gasteiger partial charge in [-0.1, -0.05) is 17.3 Å². The van der Waals surface area contributed by atoms with E-state index in [-0.39, 0.29) is 12.0 Å². The number of nitriles is 1. The van der Waals surface area contributed by atoms with Crippen LogP contribution >= 0.6 is 0 Å². The van der Waals surface area contributed by atoms with Gasteiger partial charge in [-0.25, -0.2) is 0 Å². The van der Waals surface area contributed by atoms with Crippen LogP contribution in [0.3, 0.4) is 0 Å². The summed E-state index contributed by atoms with van der Waals surface area (Å²) < 4.78 is 16.6. The van der Waals surface area contributed by atoms with Crippen LogP contribution in [-0.2, 0) is 22.4 Å². The Bertz CT molecular complexity index is 1310. The van der Waals surface area contributed by atoms with Crippen molar-refractivity contribution in [2.45, 2.75) is 32.8 Å². The SMILES string of the molecule is CC(C)Oc1ccc(-c2nc(-c3ccc4c(c3)CCN(CC(=O)N3CCOCC3)CC4)no2)cc1C#N. The molecular weight excluding hydrogens is 470 g/mol. The number of amides is 1. The Morgan fingerprint density at radius 3 is 2.57 bits per heavy atom. The average molecular weight is 502 g/mol. The molecule has 1 amide bonds. The quantitative estimate of drug-likeness (QED) is 0.507. The molecule has 2 aliphatic heterocycles. The number of benzene rings is 2. The summed E-state index contributed by atoms with van der Waals surface area (Å²) in [4.78, 5) is 21.4. The number of carbonyl (C=O) groups is 1. The number of carbonyl (C=O) groups excluding carboxylic acids is 1. The lowest BCUT2D eigenvalue weighted by atomic mass is 10.00. The molecule has 0 bridgehead atoms.